The van der Waals surface area contributed by atoms with Crippen molar-refractivity contribution >= 4 is 0 Å². The monoisotopic (exact) mass is 185 g/mol. The molecule has 0 bridgehead atoms. The first-order valence-electron chi connectivity index (χ1n) is 4.29. The van der Waals surface area contributed by atoms with Gasteiger partial charge in [0.25, 0.3) is 0 Å². The Balaban J connectivity index is 2.35. The third-order valence-electron chi connectivity index (χ3n) is 1.74. The lowest BCUT2D eigenvalue weighted by Crippen LogP contribution is -2.16. The second-order valence-corrected chi connectivity index (χ2v) is 2.87. The normalized spacial score (nSPS) is 13.2. The quantitative estimate of drug-likeness (QED) is 0.541. The van der Waals surface area contributed by atoms with E-state index in [1.54, 1.807) is 0 Å². The van der Waals surface area contributed by atoms with Crippen molar-refractivity contribution in [3.05, 3.63) is 23.7 Å². The number of furan rings is 1. The predicted octanol–water partition coefficient (Wildman–Crippen LogP) is 1.64. The lowest BCUT2D eigenvalue weighted by molar-refractivity contribution is 0.0328. The topological polar surface area (TPSA) is 54.6 Å². The molecule has 0 radical (unpaired) electrons. The summed E-state index contributed by atoms with van der Waals surface area (Å²) in [6.45, 7) is 4.68. The van der Waals surface area contributed by atoms with Crippen LogP contribution in [0, 0.1) is 6.92 Å². The molecule has 1 heterocycles. The molecule has 1 unspecified atom stereocenters. The molecule has 0 aromatic carbocycles. The molecule has 1 rings (SSSR count). The summed E-state index contributed by atoms with van der Waals surface area (Å²) >= 11 is 0. The maximum Gasteiger partial charge on any atom is 0.132 e. The van der Waals surface area contributed by atoms with Gasteiger partial charge in [0.15, 0.2) is 0 Å². The van der Waals surface area contributed by atoms with Gasteiger partial charge >= 0.3 is 0 Å². The van der Waals surface area contributed by atoms with Crippen molar-refractivity contribution in [1.82, 2.24) is 5.48 Å². The van der Waals surface area contributed by atoms with Crippen LogP contribution in [-0.4, -0.2) is 18.4 Å². The highest BCUT2D eigenvalue weighted by Crippen LogP contribution is 2.18. The average Bonchev–Trinajstić information content (AvgIpc) is 2.52. The van der Waals surface area contributed by atoms with Crippen molar-refractivity contribution < 1.29 is 14.4 Å². The third-order valence-corrected chi connectivity index (χ3v) is 1.74. The molecular formula is C9H15NO3. The molecule has 1 aromatic heterocycles. The van der Waals surface area contributed by atoms with Crippen LogP contribution in [0.15, 0.2) is 16.5 Å². The average molecular weight is 185 g/mol. The Morgan fingerprint density at radius 2 is 2.38 bits per heavy atom. The number of aryl methyl sites for hydroxylation is 1. The number of hydrogen-bond donors (Lipinski definition) is 2. The molecule has 0 saturated heterocycles. The lowest BCUT2D eigenvalue weighted by Gasteiger charge is -2.09. The zero-order chi connectivity index (χ0) is 9.68. The summed E-state index contributed by atoms with van der Waals surface area (Å²) in [7, 11) is 0. The van der Waals surface area contributed by atoms with Crippen LogP contribution in [0.2, 0.25) is 0 Å². The summed E-state index contributed by atoms with van der Waals surface area (Å²) in [4.78, 5) is 0. The number of ether oxygens (including phenoxy) is 1. The van der Waals surface area contributed by atoms with Crippen LogP contribution in [0.5, 0.6) is 0 Å². The minimum absolute atomic E-state index is 0.0675. The van der Waals surface area contributed by atoms with Crippen LogP contribution >= 0.6 is 0 Å². The smallest absolute Gasteiger partial charge is 0.132 e. The highest BCUT2D eigenvalue weighted by molar-refractivity contribution is 5.07. The van der Waals surface area contributed by atoms with Gasteiger partial charge in [0.1, 0.15) is 17.6 Å². The summed E-state index contributed by atoms with van der Waals surface area (Å²) in [5.74, 6) is 1.70. The van der Waals surface area contributed by atoms with Gasteiger partial charge in [-0.2, -0.15) is 0 Å². The second kappa shape index (κ2) is 5.01. The summed E-state index contributed by atoms with van der Waals surface area (Å²) in [5.41, 5.74) is 2.02. The summed E-state index contributed by atoms with van der Waals surface area (Å²) in [5, 5.41) is 8.30. The van der Waals surface area contributed by atoms with E-state index < -0.39 is 0 Å². The van der Waals surface area contributed by atoms with Crippen molar-refractivity contribution in [2.45, 2.75) is 20.0 Å². The minimum atomic E-state index is -0.0675. The first-order valence-corrected chi connectivity index (χ1v) is 4.29. The predicted molar refractivity (Wildman–Crippen MR) is 47.6 cm³/mol. The van der Waals surface area contributed by atoms with Crippen LogP contribution < -0.4 is 5.48 Å². The summed E-state index contributed by atoms with van der Waals surface area (Å²) in [6.07, 6.45) is -0.0675. The first kappa shape index (κ1) is 10.2. The SMILES string of the molecule is Cc1ccc(C(C)OCCNO)o1. The summed E-state index contributed by atoms with van der Waals surface area (Å²) < 4.78 is 10.7. The highest BCUT2D eigenvalue weighted by Gasteiger charge is 2.08. The maximum absolute atomic E-state index is 8.30. The molecule has 4 heteroatoms. The molecule has 0 amide bonds. The van der Waals surface area contributed by atoms with E-state index in [9.17, 15) is 0 Å². The molecule has 0 saturated carbocycles. The zero-order valence-corrected chi connectivity index (χ0v) is 7.91. The van der Waals surface area contributed by atoms with Crippen LogP contribution in [0.3, 0.4) is 0 Å². The number of hydroxylamine groups is 1. The Morgan fingerprint density at radius 3 is 2.92 bits per heavy atom. The molecule has 0 aliphatic rings. The Morgan fingerprint density at radius 1 is 1.62 bits per heavy atom. The van der Waals surface area contributed by atoms with Crippen LogP contribution in [0.1, 0.15) is 24.5 Å². The van der Waals surface area contributed by atoms with Gasteiger partial charge in [-0.05, 0) is 26.0 Å². The Hall–Kier alpha value is -0.840. The molecule has 2 N–H and O–H groups in total. The fraction of sp³-hybridized carbons (Fsp3) is 0.556. The van der Waals surface area contributed by atoms with E-state index in [1.807, 2.05) is 31.5 Å². The molecule has 0 aliphatic heterocycles. The maximum atomic E-state index is 8.30. The van der Waals surface area contributed by atoms with E-state index in [0.717, 1.165) is 11.5 Å². The van der Waals surface area contributed by atoms with E-state index in [2.05, 4.69) is 0 Å². The van der Waals surface area contributed by atoms with Gasteiger partial charge in [-0.3, -0.25) is 0 Å². The molecule has 0 aliphatic carbocycles. The number of rotatable bonds is 5. The van der Waals surface area contributed by atoms with Gasteiger partial charge in [-0.1, -0.05) is 0 Å². The van der Waals surface area contributed by atoms with Gasteiger partial charge in [-0.15, -0.1) is 0 Å². The van der Waals surface area contributed by atoms with E-state index in [-0.39, 0.29) is 6.10 Å². The van der Waals surface area contributed by atoms with Gasteiger partial charge in [0.2, 0.25) is 0 Å². The van der Waals surface area contributed by atoms with Crippen LogP contribution in [0.25, 0.3) is 0 Å². The molecule has 74 valence electrons. The second-order valence-electron chi connectivity index (χ2n) is 2.87. The van der Waals surface area contributed by atoms with Gasteiger partial charge < -0.3 is 14.4 Å². The Kier molecular flexibility index (Phi) is 3.95. The lowest BCUT2D eigenvalue weighted by atomic mass is 10.3. The zero-order valence-electron chi connectivity index (χ0n) is 7.91. The fourth-order valence-corrected chi connectivity index (χ4v) is 1.04. The number of hydrogen-bond acceptors (Lipinski definition) is 4. The molecule has 0 spiro atoms. The van der Waals surface area contributed by atoms with Gasteiger partial charge in [0.05, 0.1) is 6.61 Å². The molecule has 1 aromatic rings. The third kappa shape index (κ3) is 3.18. The molecule has 1 atom stereocenters. The van der Waals surface area contributed by atoms with Crippen molar-refractivity contribution in [2.24, 2.45) is 0 Å². The fourth-order valence-electron chi connectivity index (χ4n) is 1.04. The van der Waals surface area contributed by atoms with Gasteiger partial charge in [0, 0.05) is 6.54 Å². The van der Waals surface area contributed by atoms with E-state index in [1.165, 1.54) is 0 Å². The van der Waals surface area contributed by atoms with Gasteiger partial charge in [-0.25, -0.2) is 5.48 Å². The van der Waals surface area contributed by atoms with E-state index in [4.69, 9.17) is 14.4 Å². The highest BCUT2D eigenvalue weighted by atomic mass is 16.5. The Bertz CT molecular complexity index is 247. The van der Waals surface area contributed by atoms with E-state index in [0.29, 0.717) is 13.2 Å². The van der Waals surface area contributed by atoms with Crippen molar-refractivity contribution in [3.8, 4) is 0 Å². The molecular weight excluding hydrogens is 170 g/mol. The van der Waals surface area contributed by atoms with Crippen LogP contribution in [0.4, 0.5) is 0 Å². The van der Waals surface area contributed by atoms with E-state index >= 15 is 0 Å². The van der Waals surface area contributed by atoms with Crippen molar-refractivity contribution in [3.63, 3.8) is 0 Å². The largest absolute Gasteiger partial charge is 0.464 e. The Labute approximate surface area is 77.5 Å². The molecule has 4 nitrogen and oxygen atoms in total. The summed E-state index contributed by atoms with van der Waals surface area (Å²) in [6, 6.07) is 3.80. The number of nitrogens with one attached hydrogen (secondary N) is 1. The minimum Gasteiger partial charge on any atom is -0.464 e. The van der Waals surface area contributed by atoms with Crippen LogP contribution in [-0.2, 0) is 4.74 Å². The van der Waals surface area contributed by atoms with Crippen molar-refractivity contribution in [2.75, 3.05) is 13.2 Å². The molecule has 13 heavy (non-hydrogen) atoms. The van der Waals surface area contributed by atoms with Crippen molar-refractivity contribution in [1.29, 1.82) is 0 Å². The first-order chi connectivity index (χ1) is 6.24. The molecule has 0 fully saturated rings. The standard InChI is InChI=1S/C9H15NO3/c1-7-3-4-9(13-7)8(2)12-6-5-10-11/h3-4,8,10-11H,5-6H2,1-2H3.